The van der Waals surface area contributed by atoms with Crippen molar-refractivity contribution in [3.63, 3.8) is 0 Å². The molecule has 1 saturated carbocycles. The van der Waals surface area contributed by atoms with Crippen molar-refractivity contribution in [2.45, 2.75) is 44.6 Å². The van der Waals surface area contributed by atoms with Gasteiger partial charge in [0.15, 0.2) is 0 Å². The Kier molecular flexibility index (Phi) is 3.53. The highest BCUT2D eigenvalue weighted by molar-refractivity contribution is 5.71. The zero-order valence-electron chi connectivity index (χ0n) is 11.0. The van der Waals surface area contributed by atoms with E-state index in [2.05, 4.69) is 17.5 Å². The van der Waals surface area contributed by atoms with E-state index < -0.39 is 0 Å². The van der Waals surface area contributed by atoms with Gasteiger partial charge in [-0.2, -0.15) is 0 Å². The third-order valence-corrected chi connectivity index (χ3v) is 3.89. The Morgan fingerprint density at radius 3 is 2.89 bits per heavy atom. The lowest BCUT2D eigenvalue weighted by atomic mass is 9.96. The molecule has 2 aliphatic carbocycles. The molecule has 3 heteroatoms. The van der Waals surface area contributed by atoms with E-state index in [9.17, 15) is 4.79 Å². The van der Waals surface area contributed by atoms with Gasteiger partial charge in [-0.05, 0) is 42.5 Å². The summed E-state index contributed by atoms with van der Waals surface area (Å²) < 4.78 is 5.36. The smallest absolute Gasteiger partial charge is 0.410 e. The van der Waals surface area contributed by atoms with Crippen molar-refractivity contribution in [2.24, 2.45) is 0 Å². The number of hydrogen-bond donors (Lipinski definition) is 1. The van der Waals surface area contributed by atoms with Crippen LogP contribution in [0.15, 0.2) is 24.3 Å². The van der Waals surface area contributed by atoms with E-state index in [1.165, 1.54) is 30.4 Å². The van der Waals surface area contributed by atoms with Gasteiger partial charge in [0.1, 0.15) is 5.75 Å². The highest BCUT2D eigenvalue weighted by Crippen LogP contribution is 2.24. The topological polar surface area (TPSA) is 38.3 Å². The molecule has 0 radical (unpaired) electrons. The Balaban J connectivity index is 1.57. The second-order valence-electron chi connectivity index (χ2n) is 5.34. The lowest BCUT2D eigenvalue weighted by molar-refractivity contribution is 0.192. The van der Waals surface area contributed by atoms with E-state index in [0.717, 1.165) is 19.3 Å². The van der Waals surface area contributed by atoms with E-state index in [4.69, 9.17) is 4.74 Å². The van der Waals surface area contributed by atoms with Crippen molar-refractivity contribution in [3.8, 4) is 5.75 Å². The van der Waals surface area contributed by atoms with E-state index in [1.807, 2.05) is 18.2 Å². The summed E-state index contributed by atoms with van der Waals surface area (Å²) in [5.41, 5.74) is 2.45. The maximum atomic E-state index is 11.8. The van der Waals surface area contributed by atoms with Crippen molar-refractivity contribution in [1.82, 2.24) is 5.32 Å². The maximum absolute atomic E-state index is 11.8. The van der Waals surface area contributed by atoms with Crippen LogP contribution in [0.2, 0.25) is 0 Å². The standard InChI is InChI=1S/C16H19NO2/c18-16(17-14-7-2-1-3-8-14)19-15-10-9-12-5-4-6-13(12)11-15/h4-5,9-11,14H,1-3,6-8H2,(H,17,18). The number of hydrogen-bond acceptors (Lipinski definition) is 2. The van der Waals surface area contributed by atoms with Crippen LogP contribution in [0, 0.1) is 0 Å². The summed E-state index contributed by atoms with van der Waals surface area (Å²) in [7, 11) is 0. The number of ether oxygens (including phenoxy) is 1. The van der Waals surface area contributed by atoms with Gasteiger partial charge >= 0.3 is 6.09 Å². The zero-order valence-corrected chi connectivity index (χ0v) is 11.0. The Bertz CT molecular complexity index is 501. The van der Waals surface area contributed by atoms with Crippen LogP contribution in [0.5, 0.6) is 5.75 Å². The van der Waals surface area contributed by atoms with Crippen LogP contribution < -0.4 is 10.1 Å². The predicted octanol–water partition coefficient (Wildman–Crippen LogP) is 3.68. The molecule has 0 spiro atoms. The molecule has 0 unspecified atom stereocenters. The largest absolute Gasteiger partial charge is 0.412 e. The molecule has 1 amide bonds. The lowest BCUT2D eigenvalue weighted by Crippen LogP contribution is -2.38. The minimum atomic E-state index is -0.321. The van der Waals surface area contributed by atoms with Crippen LogP contribution in [-0.2, 0) is 6.42 Å². The minimum Gasteiger partial charge on any atom is -0.410 e. The molecule has 1 aromatic rings. The molecule has 0 atom stereocenters. The van der Waals surface area contributed by atoms with Crippen LogP contribution in [0.1, 0.15) is 43.2 Å². The minimum absolute atomic E-state index is 0.289. The molecular formula is C16H19NO2. The van der Waals surface area contributed by atoms with E-state index in [-0.39, 0.29) is 12.1 Å². The summed E-state index contributed by atoms with van der Waals surface area (Å²) in [6.45, 7) is 0. The average Bonchev–Trinajstić information content (AvgIpc) is 2.87. The number of amides is 1. The Hall–Kier alpha value is -1.77. The third-order valence-electron chi connectivity index (χ3n) is 3.89. The van der Waals surface area contributed by atoms with Crippen molar-refractivity contribution >= 4 is 12.2 Å². The van der Waals surface area contributed by atoms with Crippen molar-refractivity contribution in [1.29, 1.82) is 0 Å². The summed E-state index contributed by atoms with van der Waals surface area (Å²) in [6.07, 6.45) is 10.7. The number of fused-ring (bicyclic) bond motifs is 1. The van der Waals surface area contributed by atoms with Crippen LogP contribution >= 0.6 is 0 Å². The van der Waals surface area contributed by atoms with Crippen LogP contribution in [0.25, 0.3) is 6.08 Å². The fourth-order valence-electron chi connectivity index (χ4n) is 2.85. The zero-order chi connectivity index (χ0) is 13.1. The van der Waals surface area contributed by atoms with Gasteiger partial charge in [-0.3, -0.25) is 0 Å². The van der Waals surface area contributed by atoms with Crippen LogP contribution in [0.4, 0.5) is 4.79 Å². The molecule has 1 aromatic carbocycles. The van der Waals surface area contributed by atoms with Gasteiger partial charge in [-0.1, -0.05) is 37.5 Å². The number of carbonyl (C=O) groups excluding carboxylic acids is 1. The fourth-order valence-corrected chi connectivity index (χ4v) is 2.85. The first-order valence-electron chi connectivity index (χ1n) is 7.09. The normalized spacial score (nSPS) is 18.1. The summed E-state index contributed by atoms with van der Waals surface area (Å²) in [4.78, 5) is 11.8. The molecule has 3 nitrogen and oxygen atoms in total. The lowest BCUT2D eigenvalue weighted by Gasteiger charge is -2.22. The number of carbonyl (C=O) groups is 1. The highest BCUT2D eigenvalue weighted by Gasteiger charge is 2.17. The molecule has 1 fully saturated rings. The number of rotatable bonds is 2. The predicted molar refractivity (Wildman–Crippen MR) is 75.2 cm³/mol. The van der Waals surface area contributed by atoms with Gasteiger partial charge in [0.2, 0.25) is 0 Å². The van der Waals surface area contributed by atoms with E-state index in [1.54, 1.807) is 0 Å². The van der Waals surface area contributed by atoms with Gasteiger partial charge in [0.25, 0.3) is 0 Å². The summed E-state index contributed by atoms with van der Waals surface area (Å²) in [5, 5.41) is 2.96. The SMILES string of the molecule is O=C(NC1CCCCC1)Oc1ccc2c(c1)CC=C2. The van der Waals surface area contributed by atoms with Crippen molar-refractivity contribution in [2.75, 3.05) is 0 Å². The Labute approximate surface area is 113 Å². The molecule has 0 heterocycles. The second-order valence-corrected chi connectivity index (χ2v) is 5.34. The van der Waals surface area contributed by atoms with Crippen LogP contribution in [0.3, 0.4) is 0 Å². The summed E-state index contributed by atoms with van der Waals surface area (Å²) in [6, 6.07) is 6.10. The average molecular weight is 257 g/mol. The van der Waals surface area contributed by atoms with Gasteiger partial charge in [0, 0.05) is 6.04 Å². The molecule has 0 aromatic heterocycles. The first-order chi connectivity index (χ1) is 9.31. The molecule has 100 valence electrons. The molecule has 0 aliphatic heterocycles. The molecular weight excluding hydrogens is 238 g/mol. The number of nitrogens with one attached hydrogen (secondary N) is 1. The Morgan fingerprint density at radius 1 is 1.21 bits per heavy atom. The molecule has 2 aliphatic rings. The van der Waals surface area contributed by atoms with Crippen molar-refractivity contribution < 1.29 is 9.53 Å². The fraction of sp³-hybridized carbons (Fsp3) is 0.438. The third kappa shape index (κ3) is 2.98. The second kappa shape index (κ2) is 5.47. The number of allylic oxidation sites excluding steroid dienone is 1. The molecule has 0 bridgehead atoms. The quantitative estimate of drug-likeness (QED) is 0.877. The van der Waals surface area contributed by atoms with Crippen LogP contribution in [-0.4, -0.2) is 12.1 Å². The van der Waals surface area contributed by atoms with E-state index >= 15 is 0 Å². The number of benzene rings is 1. The van der Waals surface area contributed by atoms with Gasteiger partial charge in [-0.25, -0.2) is 4.79 Å². The highest BCUT2D eigenvalue weighted by atomic mass is 16.6. The molecule has 19 heavy (non-hydrogen) atoms. The van der Waals surface area contributed by atoms with Crippen molar-refractivity contribution in [3.05, 3.63) is 35.4 Å². The molecule has 1 N–H and O–H groups in total. The summed E-state index contributed by atoms with van der Waals surface area (Å²) >= 11 is 0. The van der Waals surface area contributed by atoms with E-state index in [0.29, 0.717) is 5.75 Å². The van der Waals surface area contributed by atoms with Gasteiger partial charge in [0.05, 0.1) is 0 Å². The summed E-state index contributed by atoms with van der Waals surface area (Å²) in [5.74, 6) is 0.635. The maximum Gasteiger partial charge on any atom is 0.412 e. The van der Waals surface area contributed by atoms with Gasteiger partial charge < -0.3 is 10.1 Å². The monoisotopic (exact) mass is 257 g/mol. The first kappa shape index (κ1) is 12.3. The molecule has 0 saturated heterocycles. The van der Waals surface area contributed by atoms with Gasteiger partial charge in [-0.15, -0.1) is 0 Å². The molecule has 3 rings (SSSR count). The first-order valence-corrected chi connectivity index (χ1v) is 7.09. The Morgan fingerprint density at radius 2 is 2.05 bits per heavy atom.